The molecular weight excluding hydrogens is 286 g/mol. The van der Waals surface area contributed by atoms with Gasteiger partial charge in [-0.05, 0) is 24.3 Å². The van der Waals surface area contributed by atoms with Crippen molar-refractivity contribution in [2.45, 2.75) is 0 Å². The average Bonchev–Trinajstić information content (AvgIpc) is 2.55. The summed E-state index contributed by atoms with van der Waals surface area (Å²) in [6.07, 6.45) is -0.236. The Kier molecular flexibility index (Phi) is 3.57. The summed E-state index contributed by atoms with van der Waals surface area (Å²) in [6, 6.07) is 13.2. The number of aromatic nitrogens is 1. The number of carbonyl (C=O) groups is 1. The number of esters is 1. The summed E-state index contributed by atoms with van der Waals surface area (Å²) in [5.41, 5.74) is 0.100. The van der Waals surface area contributed by atoms with Gasteiger partial charge >= 0.3 is 17.7 Å². The second-order valence-electron chi connectivity index (χ2n) is 4.37. The van der Waals surface area contributed by atoms with Crippen molar-refractivity contribution in [1.82, 2.24) is 4.98 Å². The van der Waals surface area contributed by atoms with Gasteiger partial charge in [-0.15, -0.1) is 0 Å². The quantitative estimate of drug-likeness (QED) is 0.692. The summed E-state index contributed by atoms with van der Waals surface area (Å²) in [7, 11) is 1.27. The van der Waals surface area contributed by atoms with Gasteiger partial charge in [0.2, 0.25) is 0 Å². The molecule has 2 aromatic carbocycles. The van der Waals surface area contributed by atoms with Crippen LogP contribution in [-0.2, 0) is 4.74 Å². The van der Waals surface area contributed by atoms with Crippen LogP contribution in [0.5, 0.6) is 11.8 Å². The molecule has 3 aromatic rings. The smallest absolute Gasteiger partial charge is 0.402 e. The molecule has 0 saturated carbocycles. The summed E-state index contributed by atoms with van der Waals surface area (Å²) in [6.45, 7) is 0. The molecule has 0 amide bonds. The van der Waals surface area contributed by atoms with Crippen LogP contribution in [0.2, 0.25) is 0 Å². The molecule has 6 heteroatoms. The van der Waals surface area contributed by atoms with E-state index in [-0.39, 0.29) is 17.4 Å². The van der Waals surface area contributed by atoms with Gasteiger partial charge in [-0.1, -0.05) is 24.3 Å². The Morgan fingerprint density at radius 1 is 1.09 bits per heavy atom. The Balaban J connectivity index is 2.04. The molecule has 0 radical (unpaired) electrons. The zero-order valence-electron chi connectivity index (χ0n) is 11.6. The minimum Gasteiger partial charge on any atom is -0.465 e. The Bertz CT molecular complexity index is 900. The second kappa shape index (κ2) is 5.69. The summed E-state index contributed by atoms with van der Waals surface area (Å²) in [5, 5.41) is 0.358. The van der Waals surface area contributed by atoms with Crippen LogP contribution in [0.25, 0.3) is 10.9 Å². The minimum absolute atomic E-state index is 0.195. The molecule has 0 bridgehead atoms. The molecule has 3 rings (SSSR count). The van der Waals surface area contributed by atoms with Gasteiger partial charge in [0.05, 0.1) is 18.0 Å². The number of nitrogens with zero attached hydrogens (tertiary/aromatic N) is 1. The summed E-state index contributed by atoms with van der Waals surface area (Å²) < 4.78 is 15.1. The van der Waals surface area contributed by atoms with Crippen LogP contribution in [-0.4, -0.2) is 18.1 Å². The molecule has 0 aliphatic rings. The molecule has 22 heavy (non-hydrogen) atoms. The topological polar surface area (TPSA) is 78.6 Å². The van der Waals surface area contributed by atoms with E-state index >= 15 is 0 Å². The zero-order chi connectivity index (χ0) is 15.5. The Morgan fingerprint density at radius 2 is 1.82 bits per heavy atom. The summed E-state index contributed by atoms with van der Waals surface area (Å²) >= 11 is 0. The number of hydrogen-bond donors (Lipinski definition) is 0. The van der Waals surface area contributed by atoms with Gasteiger partial charge in [0.1, 0.15) is 11.3 Å². The monoisotopic (exact) mass is 297 g/mol. The molecule has 6 nitrogen and oxygen atoms in total. The lowest BCUT2D eigenvalue weighted by Crippen LogP contribution is -2.06. The highest BCUT2D eigenvalue weighted by molar-refractivity contribution is 5.92. The number of fused-ring (bicyclic) bond motifs is 1. The fourth-order valence-corrected chi connectivity index (χ4v) is 1.97. The number of methoxy groups -OCH3 is 1. The van der Waals surface area contributed by atoms with Crippen LogP contribution >= 0.6 is 0 Å². The van der Waals surface area contributed by atoms with E-state index in [1.807, 2.05) is 0 Å². The molecule has 0 aliphatic carbocycles. The fraction of sp³-hybridized carbons (Fsp3) is 0.0625. The molecule has 0 unspecified atom stereocenters. The van der Waals surface area contributed by atoms with Gasteiger partial charge in [0, 0.05) is 0 Å². The standard InChI is InChI=1S/C16H11NO5/c1-20-14(18)11-7-3-5-9-13(11)21-16-17-12-8-4-2-6-10(12)15(19)22-16/h2-9H,1H3. The summed E-state index contributed by atoms with van der Waals surface area (Å²) in [5.74, 6) is -0.362. The lowest BCUT2D eigenvalue weighted by molar-refractivity contribution is 0.0597. The molecule has 0 N–H and O–H groups in total. The van der Waals surface area contributed by atoms with Gasteiger partial charge in [0.25, 0.3) is 0 Å². The predicted octanol–water partition coefficient (Wildman–Crippen LogP) is 2.77. The van der Waals surface area contributed by atoms with Gasteiger partial charge in [0.15, 0.2) is 0 Å². The Labute approximate surface area is 124 Å². The van der Waals surface area contributed by atoms with Crippen LogP contribution in [0, 0.1) is 0 Å². The SMILES string of the molecule is COC(=O)c1ccccc1Oc1nc2ccccc2c(=O)o1. The molecule has 0 aliphatic heterocycles. The molecule has 1 aromatic heterocycles. The number of carbonyl (C=O) groups excluding carboxylic acids is 1. The maximum atomic E-state index is 11.9. The molecule has 0 saturated heterocycles. The zero-order valence-corrected chi connectivity index (χ0v) is 11.6. The maximum absolute atomic E-state index is 11.9. The number of ether oxygens (including phenoxy) is 2. The normalized spacial score (nSPS) is 10.4. The lowest BCUT2D eigenvalue weighted by atomic mass is 10.2. The molecule has 1 heterocycles. The van der Waals surface area contributed by atoms with Crippen molar-refractivity contribution in [2.75, 3.05) is 7.11 Å². The third kappa shape index (κ3) is 2.54. The first-order valence-electron chi connectivity index (χ1n) is 6.44. The fourth-order valence-electron chi connectivity index (χ4n) is 1.97. The highest BCUT2D eigenvalue weighted by Crippen LogP contribution is 2.24. The average molecular weight is 297 g/mol. The van der Waals surface area contributed by atoms with Gasteiger partial charge in [-0.25, -0.2) is 9.59 Å². The lowest BCUT2D eigenvalue weighted by Gasteiger charge is -2.07. The number of para-hydroxylation sites is 2. The Hall–Kier alpha value is -3.15. The third-order valence-electron chi connectivity index (χ3n) is 3.01. The van der Waals surface area contributed by atoms with Crippen LogP contribution in [0.4, 0.5) is 0 Å². The van der Waals surface area contributed by atoms with Crippen molar-refractivity contribution in [2.24, 2.45) is 0 Å². The van der Waals surface area contributed by atoms with Crippen molar-refractivity contribution in [1.29, 1.82) is 0 Å². The molecule has 110 valence electrons. The number of rotatable bonds is 3. The van der Waals surface area contributed by atoms with Gasteiger partial charge in [-0.2, -0.15) is 4.98 Å². The Morgan fingerprint density at radius 3 is 2.64 bits per heavy atom. The van der Waals surface area contributed by atoms with Crippen LogP contribution in [0.1, 0.15) is 10.4 Å². The maximum Gasteiger partial charge on any atom is 0.402 e. The first-order valence-corrected chi connectivity index (χ1v) is 6.44. The first-order chi connectivity index (χ1) is 10.7. The van der Waals surface area contributed by atoms with E-state index in [0.29, 0.717) is 10.9 Å². The first kappa shape index (κ1) is 13.8. The van der Waals surface area contributed by atoms with Crippen LogP contribution in [0.15, 0.2) is 57.7 Å². The molecule has 0 spiro atoms. The van der Waals surface area contributed by atoms with Crippen molar-refractivity contribution in [3.8, 4) is 11.8 Å². The van der Waals surface area contributed by atoms with Crippen LogP contribution < -0.4 is 10.4 Å². The van der Waals surface area contributed by atoms with Crippen molar-refractivity contribution in [3.63, 3.8) is 0 Å². The minimum atomic E-state index is -0.559. The molecular formula is C16H11NO5. The highest BCUT2D eigenvalue weighted by atomic mass is 16.6. The van der Waals surface area contributed by atoms with E-state index in [1.165, 1.54) is 7.11 Å². The van der Waals surface area contributed by atoms with Crippen molar-refractivity contribution < 1.29 is 18.7 Å². The third-order valence-corrected chi connectivity index (χ3v) is 3.01. The van der Waals surface area contributed by atoms with Crippen molar-refractivity contribution >= 4 is 16.9 Å². The number of benzene rings is 2. The molecule has 0 atom stereocenters. The summed E-state index contributed by atoms with van der Waals surface area (Å²) in [4.78, 5) is 27.7. The van der Waals surface area contributed by atoms with E-state index in [1.54, 1.807) is 48.5 Å². The largest absolute Gasteiger partial charge is 0.465 e. The van der Waals surface area contributed by atoms with E-state index in [2.05, 4.69) is 9.72 Å². The van der Waals surface area contributed by atoms with Crippen molar-refractivity contribution in [3.05, 3.63) is 64.5 Å². The second-order valence-corrected chi connectivity index (χ2v) is 4.37. The molecule has 0 fully saturated rings. The highest BCUT2D eigenvalue weighted by Gasteiger charge is 2.15. The number of hydrogen-bond acceptors (Lipinski definition) is 6. The van der Waals surface area contributed by atoms with Gasteiger partial charge in [-0.3, -0.25) is 0 Å². The van der Waals surface area contributed by atoms with E-state index in [4.69, 9.17) is 9.15 Å². The van der Waals surface area contributed by atoms with Gasteiger partial charge < -0.3 is 13.9 Å². The predicted molar refractivity (Wildman–Crippen MR) is 78.1 cm³/mol. The van der Waals surface area contributed by atoms with Crippen LogP contribution in [0.3, 0.4) is 0 Å². The van der Waals surface area contributed by atoms with E-state index < -0.39 is 11.6 Å². The van der Waals surface area contributed by atoms with E-state index in [0.717, 1.165) is 0 Å². The van der Waals surface area contributed by atoms with E-state index in [9.17, 15) is 9.59 Å².